The van der Waals surface area contributed by atoms with Gasteiger partial charge in [-0.2, -0.15) is 12.6 Å². The fourth-order valence-electron chi connectivity index (χ4n) is 2.26. The van der Waals surface area contributed by atoms with Crippen LogP contribution in [0.4, 0.5) is 0 Å². The molecule has 3 nitrogen and oxygen atoms in total. The average Bonchev–Trinajstić information content (AvgIpc) is 2.52. The number of rotatable bonds is 12. The molecule has 0 aliphatic heterocycles. The van der Waals surface area contributed by atoms with Crippen molar-refractivity contribution in [2.24, 2.45) is 0 Å². The van der Waals surface area contributed by atoms with Crippen molar-refractivity contribution in [1.29, 1.82) is 0 Å². The van der Waals surface area contributed by atoms with Gasteiger partial charge >= 0.3 is 5.97 Å². The number of carboxylic acids is 1. The van der Waals surface area contributed by atoms with Crippen LogP contribution in [-0.4, -0.2) is 22.9 Å². The van der Waals surface area contributed by atoms with Gasteiger partial charge in [-0.3, -0.25) is 4.79 Å². The zero-order valence-corrected chi connectivity index (χ0v) is 14.4. The minimum Gasteiger partial charge on any atom is -0.494 e. The van der Waals surface area contributed by atoms with Crippen molar-refractivity contribution < 1.29 is 14.6 Å². The molecule has 1 atom stereocenters. The zero-order chi connectivity index (χ0) is 16.2. The predicted octanol–water partition coefficient (Wildman–Crippen LogP) is 4.74. The Bertz CT molecular complexity index is 417. The van der Waals surface area contributed by atoms with Gasteiger partial charge in [-0.1, -0.05) is 44.7 Å². The number of hydrogen-bond acceptors (Lipinski definition) is 3. The number of carboxylic acid groups (broad SMARTS) is 1. The topological polar surface area (TPSA) is 46.5 Å². The Morgan fingerprint density at radius 2 is 1.86 bits per heavy atom. The van der Waals surface area contributed by atoms with Crippen LogP contribution in [0.25, 0.3) is 0 Å². The number of aliphatic carboxylic acids is 1. The molecule has 0 radical (unpaired) electrons. The van der Waals surface area contributed by atoms with E-state index in [-0.39, 0.29) is 0 Å². The van der Waals surface area contributed by atoms with E-state index in [0.29, 0.717) is 6.42 Å². The van der Waals surface area contributed by atoms with Gasteiger partial charge in [0, 0.05) is 0 Å². The summed E-state index contributed by atoms with van der Waals surface area (Å²) in [5.74, 6) is 0.122. The molecule has 1 N–H and O–H groups in total. The van der Waals surface area contributed by atoms with Gasteiger partial charge in [-0.25, -0.2) is 0 Å². The highest BCUT2D eigenvalue weighted by molar-refractivity contribution is 7.81. The van der Waals surface area contributed by atoms with Gasteiger partial charge in [0.05, 0.1) is 11.9 Å². The predicted molar refractivity (Wildman–Crippen MR) is 94.0 cm³/mol. The first-order chi connectivity index (χ1) is 10.6. The maximum Gasteiger partial charge on any atom is 0.316 e. The molecule has 0 aromatic heterocycles. The van der Waals surface area contributed by atoms with Crippen molar-refractivity contribution in [3.8, 4) is 5.75 Å². The molecule has 1 aromatic rings. The first kappa shape index (κ1) is 18.9. The maximum absolute atomic E-state index is 10.6. The summed E-state index contributed by atoms with van der Waals surface area (Å²) in [6.07, 6.45) is 8.25. The van der Waals surface area contributed by atoms with Crippen LogP contribution in [0.2, 0.25) is 0 Å². The van der Waals surface area contributed by atoms with Crippen LogP contribution < -0.4 is 4.74 Å². The molecule has 0 saturated carbocycles. The van der Waals surface area contributed by atoms with Crippen LogP contribution in [-0.2, 0) is 11.2 Å². The minimum absolute atomic E-state index is 0.524. The van der Waals surface area contributed by atoms with Gasteiger partial charge in [-0.15, -0.1) is 0 Å². The average molecular weight is 324 g/mol. The Labute approximate surface area is 139 Å². The molecule has 1 rings (SSSR count). The molecule has 0 aliphatic carbocycles. The second-order valence-electron chi connectivity index (χ2n) is 5.65. The lowest BCUT2D eigenvalue weighted by Crippen LogP contribution is -2.12. The Kier molecular flexibility index (Phi) is 9.80. The number of thiol groups is 1. The number of benzene rings is 1. The van der Waals surface area contributed by atoms with Crippen molar-refractivity contribution in [3.05, 3.63) is 29.8 Å². The van der Waals surface area contributed by atoms with Crippen LogP contribution in [0, 0.1) is 0 Å². The number of carbonyl (C=O) groups is 1. The highest BCUT2D eigenvalue weighted by Gasteiger charge is 2.10. The minimum atomic E-state index is -0.821. The van der Waals surface area contributed by atoms with Crippen molar-refractivity contribution in [2.75, 3.05) is 6.61 Å². The largest absolute Gasteiger partial charge is 0.494 e. The molecule has 4 heteroatoms. The number of unbranched alkanes of at least 4 members (excludes halogenated alkanes) is 4. The Morgan fingerprint density at radius 3 is 2.50 bits per heavy atom. The van der Waals surface area contributed by atoms with E-state index < -0.39 is 11.2 Å². The first-order valence-electron chi connectivity index (χ1n) is 8.26. The normalized spacial score (nSPS) is 12.1. The number of hydrogen-bond donors (Lipinski definition) is 2. The molecule has 0 amide bonds. The molecule has 1 unspecified atom stereocenters. The van der Waals surface area contributed by atoms with Gasteiger partial charge in [0.15, 0.2) is 0 Å². The lowest BCUT2D eigenvalue weighted by molar-refractivity contribution is -0.136. The van der Waals surface area contributed by atoms with E-state index in [1.54, 1.807) is 0 Å². The molecule has 0 spiro atoms. The van der Waals surface area contributed by atoms with Crippen LogP contribution in [0.15, 0.2) is 24.3 Å². The molecule has 124 valence electrons. The summed E-state index contributed by atoms with van der Waals surface area (Å²) in [6.45, 7) is 2.98. The lowest BCUT2D eigenvalue weighted by Gasteiger charge is -2.07. The van der Waals surface area contributed by atoms with Crippen molar-refractivity contribution in [1.82, 2.24) is 0 Å². The third-order valence-electron chi connectivity index (χ3n) is 3.67. The molecule has 0 fully saturated rings. The highest BCUT2D eigenvalue weighted by atomic mass is 32.1. The second kappa shape index (κ2) is 11.4. The summed E-state index contributed by atoms with van der Waals surface area (Å²) in [5.41, 5.74) is 1.31. The van der Waals surface area contributed by atoms with Crippen molar-refractivity contribution in [3.63, 3.8) is 0 Å². The smallest absolute Gasteiger partial charge is 0.316 e. The van der Waals surface area contributed by atoms with E-state index in [9.17, 15) is 4.79 Å². The summed E-state index contributed by atoms with van der Waals surface area (Å²) in [4.78, 5) is 10.6. The van der Waals surface area contributed by atoms with Crippen LogP contribution in [0.1, 0.15) is 57.4 Å². The summed E-state index contributed by atoms with van der Waals surface area (Å²) in [6, 6.07) is 8.31. The molecule has 0 heterocycles. The summed E-state index contributed by atoms with van der Waals surface area (Å²) in [7, 11) is 0. The highest BCUT2D eigenvalue weighted by Crippen LogP contribution is 2.16. The molecule has 22 heavy (non-hydrogen) atoms. The van der Waals surface area contributed by atoms with E-state index in [2.05, 4.69) is 31.7 Å². The van der Waals surface area contributed by atoms with Crippen molar-refractivity contribution >= 4 is 18.6 Å². The fraction of sp³-hybridized carbons (Fsp3) is 0.611. The van der Waals surface area contributed by atoms with Gasteiger partial charge in [0.2, 0.25) is 0 Å². The standard InChI is InChI=1S/C18H28O3S/c1-2-3-7-14-21-16-12-10-15(11-13-16)8-5-4-6-9-17(22)18(19)20/h10-13,17,22H,2-9,14H2,1H3,(H,19,20). The monoisotopic (exact) mass is 324 g/mol. The van der Waals surface area contributed by atoms with Crippen molar-refractivity contribution in [2.45, 2.75) is 63.5 Å². The molecule has 0 saturated heterocycles. The molecule has 0 bridgehead atoms. The van der Waals surface area contributed by atoms with E-state index >= 15 is 0 Å². The van der Waals surface area contributed by atoms with E-state index in [1.807, 2.05) is 12.1 Å². The van der Waals surface area contributed by atoms with E-state index in [4.69, 9.17) is 9.84 Å². The quantitative estimate of drug-likeness (QED) is 0.431. The number of ether oxygens (including phenoxy) is 1. The zero-order valence-electron chi connectivity index (χ0n) is 13.5. The van der Waals surface area contributed by atoms with Gasteiger partial charge < -0.3 is 9.84 Å². The fourth-order valence-corrected chi connectivity index (χ4v) is 2.44. The van der Waals surface area contributed by atoms with E-state index in [0.717, 1.165) is 44.5 Å². The second-order valence-corrected chi connectivity index (χ2v) is 6.28. The van der Waals surface area contributed by atoms with Gasteiger partial charge in [0.25, 0.3) is 0 Å². The first-order valence-corrected chi connectivity index (χ1v) is 8.77. The van der Waals surface area contributed by atoms with Gasteiger partial charge in [-0.05, 0) is 43.4 Å². The Hall–Kier alpha value is -1.16. The van der Waals surface area contributed by atoms with Crippen LogP contribution in [0.3, 0.4) is 0 Å². The lowest BCUT2D eigenvalue weighted by atomic mass is 10.1. The summed E-state index contributed by atoms with van der Waals surface area (Å²) >= 11 is 4.04. The maximum atomic E-state index is 10.6. The molecular formula is C18H28O3S. The number of aryl methyl sites for hydroxylation is 1. The summed E-state index contributed by atoms with van der Waals surface area (Å²) in [5, 5.41) is 8.22. The molecule has 0 aliphatic rings. The third kappa shape index (κ3) is 8.32. The molecule has 1 aromatic carbocycles. The Morgan fingerprint density at radius 1 is 1.14 bits per heavy atom. The SMILES string of the molecule is CCCCCOc1ccc(CCCCCC(S)C(=O)O)cc1. The molecular weight excluding hydrogens is 296 g/mol. The van der Waals surface area contributed by atoms with E-state index in [1.165, 1.54) is 18.4 Å². The Balaban J connectivity index is 2.15. The summed E-state index contributed by atoms with van der Waals surface area (Å²) < 4.78 is 5.69. The third-order valence-corrected chi connectivity index (χ3v) is 4.15. The van der Waals surface area contributed by atoms with Gasteiger partial charge in [0.1, 0.15) is 5.75 Å². The van der Waals surface area contributed by atoms with Crippen LogP contribution in [0.5, 0.6) is 5.75 Å². The van der Waals surface area contributed by atoms with Crippen LogP contribution >= 0.6 is 12.6 Å².